The van der Waals surface area contributed by atoms with Crippen molar-refractivity contribution in [1.29, 1.82) is 0 Å². The van der Waals surface area contributed by atoms with E-state index in [9.17, 15) is 8.42 Å². The Balaban J connectivity index is 1.49. The van der Waals surface area contributed by atoms with Crippen LogP contribution in [0.5, 0.6) is 5.75 Å². The van der Waals surface area contributed by atoms with Gasteiger partial charge in [-0.3, -0.25) is 4.84 Å². The lowest BCUT2D eigenvalue weighted by atomic mass is 10.0. The zero-order valence-corrected chi connectivity index (χ0v) is 19.1. The van der Waals surface area contributed by atoms with Gasteiger partial charge in [-0.25, -0.2) is 13.1 Å². The minimum Gasteiger partial charge on any atom is -0.489 e. The van der Waals surface area contributed by atoms with Gasteiger partial charge in [0.2, 0.25) is 10.0 Å². The summed E-state index contributed by atoms with van der Waals surface area (Å²) in [6, 6.07) is 24.8. The average molecular weight is 453 g/mol. The molecule has 6 nitrogen and oxygen atoms in total. The maximum absolute atomic E-state index is 13.2. The van der Waals surface area contributed by atoms with Crippen LogP contribution in [0.2, 0.25) is 0 Å². The van der Waals surface area contributed by atoms with Crippen molar-refractivity contribution in [2.45, 2.75) is 31.4 Å². The fraction of sp³-hybridized carbons (Fsp3) is 0.280. The van der Waals surface area contributed by atoms with E-state index in [1.165, 1.54) is 0 Å². The van der Waals surface area contributed by atoms with Crippen molar-refractivity contribution in [3.63, 3.8) is 0 Å². The fourth-order valence-electron chi connectivity index (χ4n) is 3.92. The minimum atomic E-state index is -3.63. The zero-order valence-electron chi connectivity index (χ0n) is 18.3. The molecule has 0 aromatic heterocycles. The SMILES string of the molecule is Cc1cccc(CNS(=O)(=O)C2CON(C)C2c2cccc(OCc3ccccc3)c2)c1. The Hall–Kier alpha value is -2.71. The number of hydrogen-bond acceptors (Lipinski definition) is 5. The van der Waals surface area contributed by atoms with Crippen LogP contribution in [0.4, 0.5) is 0 Å². The van der Waals surface area contributed by atoms with Crippen LogP contribution in [0, 0.1) is 6.92 Å². The number of hydrogen-bond donors (Lipinski definition) is 1. The van der Waals surface area contributed by atoms with Gasteiger partial charge in [-0.2, -0.15) is 5.06 Å². The van der Waals surface area contributed by atoms with Gasteiger partial charge in [0, 0.05) is 13.6 Å². The highest BCUT2D eigenvalue weighted by Crippen LogP contribution is 2.34. The van der Waals surface area contributed by atoms with Gasteiger partial charge < -0.3 is 4.74 Å². The summed E-state index contributed by atoms with van der Waals surface area (Å²) in [7, 11) is -1.86. The van der Waals surface area contributed by atoms with E-state index in [0.29, 0.717) is 12.4 Å². The van der Waals surface area contributed by atoms with Crippen LogP contribution in [0.25, 0.3) is 0 Å². The molecule has 1 fully saturated rings. The molecule has 0 radical (unpaired) electrons. The van der Waals surface area contributed by atoms with Crippen molar-refractivity contribution in [2.24, 2.45) is 0 Å². The van der Waals surface area contributed by atoms with E-state index < -0.39 is 21.3 Å². The molecule has 1 saturated heterocycles. The molecule has 1 heterocycles. The lowest BCUT2D eigenvalue weighted by Crippen LogP contribution is -2.39. The topological polar surface area (TPSA) is 67.9 Å². The second-order valence-corrected chi connectivity index (χ2v) is 10.0. The van der Waals surface area contributed by atoms with Crippen LogP contribution in [-0.2, 0) is 28.0 Å². The summed E-state index contributed by atoms with van der Waals surface area (Å²) in [6.07, 6.45) is 0. The molecule has 0 spiro atoms. The maximum Gasteiger partial charge on any atom is 0.219 e. The van der Waals surface area contributed by atoms with Crippen molar-refractivity contribution in [2.75, 3.05) is 13.7 Å². The van der Waals surface area contributed by atoms with Crippen molar-refractivity contribution in [3.05, 3.63) is 101 Å². The molecule has 1 aliphatic heterocycles. The largest absolute Gasteiger partial charge is 0.489 e. The van der Waals surface area contributed by atoms with Gasteiger partial charge in [0.25, 0.3) is 0 Å². The molecule has 2 atom stereocenters. The zero-order chi connectivity index (χ0) is 22.6. The summed E-state index contributed by atoms with van der Waals surface area (Å²) in [6.45, 7) is 2.78. The van der Waals surface area contributed by atoms with Crippen LogP contribution in [0.3, 0.4) is 0 Å². The molecule has 7 heteroatoms. The summed E-state index contributed by atoms with van der Waals surface area (Å²) < 4.78 is 35.0. The number of ether oxygens (including phenoxy) is 1. The summed E-state index contributed by atoms with van der Waals surface area (Å²) >= 11 is 0. The molecule has 0 aliphatic carbocycles. The standard InChI is InChI=1S/C25H28N2O4S/c1-19-8-6-11-21(14-19)16-26-32(28,29)24-18-31-27(2)25(24)22-12-7-13-23(15-22)30-17-20-9-4-3-5-10-20/h3-15,24-26H,16-18H2,1-2H3. The molecule has 32 heavy (non-hydrogen) atoms. The van der Waals surface area contributed by atoms with E-state index in [2.05, 4.69) is 4.72 Å². The molecule has 1 aliphatic rings. The summed E-state index contributed by atoms with van der Waals surface area (Å²) in [4.78, 5) is 5.63. The second kappa shape index (κ2) is 9.83. The number of benzene rings is 3. The Morgan fingerprint density at radius 2 is 1.75 bits per heavy atom. The number of nitrogens with zero attached hydrogens (tertiary/aromatic N) is 1. The van der Waals surface area contributed by atoms with E-state index >= 15 is 0 Å². The predicted octanol–water partition coefficient (Wildman–Crippen LogP) is 3.98. The van der Waals surface area contributed by atoms with Gasteiger partial charge in [0.1, 0.15) is 17.6 Å². The average Bonchev–Trinajstić information content (AvgIpc) is 3.20. The van der Waals surface area contributed by atoms with Crippen LogP contribution < -0.4 is 9.46 Å². The van der Waals surface area contributed by atoms with E-state index in [-0.39, 0.29) is 13.2 Å². The predicted molar refractivity (Wildman–Crippen MR) is 124 cm³/mol. The quantitative estimate of drug-likeness (QED) is 0.560. The van der Waals surface area contributed by atoms with E-state index in [4.69, 9.17) is 9.57 Å². The van der Waals surface area contributed by atoms with Gasteiger partial charge >= 0.3 is 0 Å². The molecule has 3 aromatic rings. The monoisotopic (exact) mass is 452 g/mol. The first-order chi connectivity index (χ1) is 15.4. The Labute approximate surface area is 189 Å². The normalized spacial score (nSPS) is 19.2. The van der Waals surface area contributed by atoms with Crippen LogP contribution >= 0.6 is 0 Å². The molecule has 0 saturated carbocycles. The first-order valence-electron chi connectivity index (χ1n) is 10.6. The van der Waals surface area contributed by atoms with Gasteiger partial charge in [0.05, 0.1) is 12.6 Å². The van der Waals surface area contributed by atoms with Crippen LogP contribution in [0.1, 0.15) is 28.3 Å². The maximum atomic E-state index is 13.2. The Morgan fingerprint density at radius 1 is 1.00 bits per heavy atom. The third kappa shape index (κ3) is 5.37. The van der Waals surface area contributed by atoms with E-state index in [0.717, 1.165) is 22.3 Å². The Kier molecular flexibility index (Phi) is 6.91. The Morgan fingerprint density at radius 3 is 2.53 bits per heavy atom. The van der Waals surface area contributed by atoms with Crippen LogP contribution in [-0.4, -0.2) is 32.4 Å². The van der Waals surface area contributed by atoms with Crippen molar-refractivity contribution in [3.8, 4) is 5.75 Å². The highest BCUT2D eigenvalue weighted by atomic mass is 32.2. The Bertz CT molecular complexity index is 1150. The molecule has 3 aromatic carbocycles. The van der Waals surface area contributed by atoms with Gasteiger partial charge in [-0.05, 0) is 35.7 Å². The fourth-order valence-corrected chi connectivity index (χ4v) is 5.41. The number of sulfonamides is 1. The summed E-state index contributed by atoms with van der Waals surface area (Å²) in [5.74, 6) is 0.690. The molecule has 4 rings (SSSR count). The van der Waals surface area contributed by atoms with Gasteiger partial charge in [-0.1, -0.05) is 72.3 Å². The molecular weight excluding hydrogens is 424 g/mol. The summed E-state index contributed by atoms with van der Waals surface area (Å²) in [5.41, 5.74) is 3.92. The lowest BCUT2D eigenvalue weighted by Gasteiger charge is -2.23. The number of hydroxylamine groups is 2. The van der Waals surface area contributed by atoms with E-state index in [1.807, 2.05) is 85.8 Å². The third-order valence-electron chi connectivity index (χ3n) is 5.59. The first kappa shape index (κ1) is 22.5. The van der Waals surface area contributed by atoms with E-state index in [1.54, 1.807) is 12.1 Å². The van der Waals surface area contributed by atoms with Crippen molar-refractivity contribution < 1.29 is 18.0 Å². The highest BCUT2D eigenvalue weighted by Gasteiger charge is 2.43. The minimum absolute atomic E-state index is 0.0966. The smallest absolute Gasteiger partial charge is 0.219 e. The molecule has 168 valence electrons. The molecular formula is C25H28N2O4S. The van der Waals surface area contributed by atoms with Crippen molar-refractivity contribution >= 4 is 10.0 Å². The number of aryl methyl sites for hydroxylation is 1. The van der Waals surface area contributed by atoms with Crippen LogP contribution in [0.15, 0.2) is 78.9 Å². The highest BCUT2D eigenvalue weighted by molar-refractivity contribution is 7.90. The third-order valence-corrected chi connectivity index (χ3v) is 7.33. The molecule has 1 N–H and O–H groups in total. The number of nitrogens with one attached hydrogen (secondary N) is 1. The lowest BCUT2D eigenvalue weighted by molar-refractivity contribution is -0.110. The van der Waals surface area contributed by atoms with Gasteiger partial charge in [-0.15, -0.1) is 0 Å². The summed E-state index contributed by atoms with van der Waals surface area (Å²) in [5, 5.41) is 0.883. The molecule has 0 bridgehead atoms. The second-order valence-electron chi connectivity index (χ2n) is 8.03. The first-order valence-corrected chi connectivity index (χ1v) is 12.1. The molecule has 0 amide bonds. The van der Waals surface area contributed by atoms with Crippen molar-refractivity contribution in [1.82, 2.24) is 9.79 Å². The van der Waals surface area contributed by atoms with Gasteiger partial charge in [0.15, 0.2) is 0 Å². The number of rotatable bonds is 8. The molecule has 2 unspecified atom stereocenters.